The third-order valence-electron chi connectivity index (χ3n) is 5.26. The molecule has 0 spiro atoms. The van der Waals surface area contributed by atoms with Gasteiger partial charge in [0.25, 0.3) is 0 Å². The van der Waals surface area contributed by atoms with Crippen molar-refractivity contribution in [3.8, 4) is 5.88 Å². The van der Waals surface area contributed by atoms with Crippen LogP contribution >= 0.6 is 0 Å². The zero-order chi connectivity index (χ0) is 20.7. The number of carbonyl (C=O) groups excluding carboxylic acids is 1. The Balaban J connectivity index is 1.58. The van der Waals surface area contributed by atoms with Crippen molar-refractivity contribution in [2.24, 2.45) is 4.99 Å². The first-order valence-electron chi connectivity index (χ1n) is 10.1. The number of urea groups is 1. The van der Waals surface area contributed by atoms with Gasteiger partial charge in [0.15, 0.2) is 11.1 Å². The molecule has 2 fully saturated rings. The summed E-state index contributed by atoms with van der Waals surface area (Å²) < 4.78 is 1.60. The zero-order valence-corrected chi connectivity index (χ0v) is 16.3. The Morgan fingerprint density at radius 2 is 2.07 bits per heavy atom. The number of imidazole rings is 1. The number of aromatic nitrogens is 5. The summed E-state index contributed by atoms with van der Waals surface area (Å²) in [6, 6.07) is 1.80. The normalized spacial score (nSPS) is 18.3. The van der Waals surface area contributed by atoms with Gasteiger partial charge < -0.3 is 15.0 Å². The summed E-state index contributed by atoms with van der Waals surface area (Å²) in [5.74, 6) is 0.121. The molecule has 1 aliphatic carbocycles. The van der Waals surface area contributed by atoms with Crippen molar-refractivity contribution in [1.29, 1.82) is 0 Å². The summed E-state index contributed by atoms with van der Waals surface area (Å²) in [4.78, 5) is 39.9. The van der Waals surface area contributed by atoms with Gasteiger partial charge in [0.05, 0.1) is 12.2 Å². The van der Waals surface area contributed by atoms with Gasteiger partial charge in [-0.1, -0.05) is 0 Å². The van der Waals surface area contributed by atoms with Gasteiger partial charge >= 0.3 is 11.7 Å². The number of nitrogens with zero attached hydrogens (tertiary/aromatic N) is 5. The van der Waals surface area contributed by atoms with Crippen LogP contribution in [0.1, 0.15) is 37.8 Å². The predicted molar refractivity (Wildman–Crippen MR) is 108 cm³/mol. The van der Waals surface area contributed by atoms with Crippen molar-refractivity contribution in [1.82, 2.24) is 29.5 Å². The van der Waals surface area contributed by atoms with E-state index in [4.69, 9.17) is 0 Å². The number of piperidine rings is 1. The number of fused-ring (bicyclic) bond motifs is 1. The topological polar surface area (TPSA) is 144 Å². The second kappa shape index (κ2) is 7.32. The number of hydrogen-bond donors (Lipinski definition) is 4. The molecule has 0 bridgehead atoms. The molecule has 0 radical (unpaired) electrons. The molecule has 5 rings (SSSR count). The Kier molecular flexibility index (Phi) is 4.49. The van der Waals surface area contributed by atoms with Crippen molar-refractivity contribution in [2.75, 3.05) is 18.4 Å². The second-order valence-corrected chi connectivity index (χ2v) is 7.66. The van der Waals surface area contributed by atoms with Crippen LogP contribution < -0.4 is 21.7 Å². The average Bonchev–Trinajstić information content (AvgIpc) is 3.37. The highest BCUT2D eigenvalue weighted by Crippen LogP contribution is 2.22. The van der Waals surface area contributed by atoms with Crippen molar-refractivity contribution >= 4 is 23.6 Å². The smallest absolute Gasteiger partial charge is 0.326 e. The highest BCUT2D eigenvalue weighted by Gasteiger charge is 2.21. The van der Waals surface area contributed by atoms with Gasteiger partial charge in [-0.3, -0.25) is 15.3 Å². The first-order chi connectivity index (χ1) is 14.6. The van der Waals surface area contributed by atoms with Crippen LogP contribution in [0.2, 0.25) is 0 Å². The van der Waals surface area contributed by atoms with Crippen LogP contribution in [0.3, 0.4) is 0 Å². The molecule has 2 aliphatic rings. The molecule has 156 valence electrons. The van der Waals surface area contributed by atoms with Crippen molar-refractivity contribution in [3.05, 3.63) is 39.1 Å². The lowest BCUT2D eigenvalue weighted by Gasteiger charge is -2.26. The van der Waals surface area contributed by atoms with Crippen LogP contribution in [0.5, 0.6) is 5.88 Å². The predicted octanol–water partition coefficient (Wildman–Crippen LogP) is 0.0799. The fourth-order valence-electron chi connectivity index (χ4n) is 3.55. The van der Waals surface area contributed by atoms with Crippen LogP contribution in [-0.2, 0) is 0 Å². The van der Waals surface area contributed by atoms with Gasteiger partial charge in [0.1, 0.15) is 11.5 Å². The number of amides is 2. The number of likely N-dealkylation sites (tertiary alicyclic amines) is 1. The minimum atomic E-state index is -0.512. The maximum absolute atomic E-state index is 12.6. The fourth-order valence-corrected chi connectivity index (χ4v) is 3.55. The molecule has 0 atom stereocenters. The number of anilines is 1. The summed E-state index contributed by atoms with van der Waals surface area (Å²) in [6.45, 7) is 1.47. The van der Waals surface area contributed by atoms with Crippen LogP contribution in [0.15, 0.2) is 22.1 Å². The number of aromatic amines is 2. The molecule has 4 N–H and O–H groups in total. The first-order valence-corrected chi connectivity index (χ1v) is 10.1. The summed E-state index contributed by atoms with van der Waals surface area (Å²) >= 11 is 0. The minimum absolute atomic E-state index is 0.179. The van der Waals surface area contributed by atoms with E-state index >= 15 is 0 Å². The van der Waals surface area contributed by atoms with Crippen LogP contribution in [0, 0.1) is 0 Å². The lowest BCUT2D eigenvalue weighted by atomic mass is 10.1. The molecule has 1 aliphatic heterocycles. The zero-order valence-electron chi connectivity index (χ0n) is 16.3. The Hall–Kier alpha value is -3.63. The molecule has 11 nitrogen and oxygen atoms in total. The number of hydrogen-bond acceptors (Lipinski definition) is 6. The Bertz CT molecular complexity index is 1280. The van der Waals surface area contributed by atoms with E-state index in [2.05, 4.69) is 30.4 Å². The molecule has 0 unspecified atom stereocenters. The van der Waals surface area contributed by atoms with E-state index in [-0.39, 0.29) is 23.6 Å². The van der Waals surface area contributed by atoms with E-state index in [9.17, 15) is 14.7 Å². The maximum Gasteiger partial charge on any atom is 0.326 e. The Morgan fingerprint density at radius 3 is 2.77 bits per heavy atom. The third kappa shape index (κ3) is 3.65. The van der Waals surface area contributed by atoms with Gasteiger partial charge in [-0.2, -0.15) is 9.61 Å². The largest absolute Gasteiger partial charge is 0.493 e. The standard InChI is InChI=1S/C19H22N8O3/c28-17-13(22-18(29)25-17)8-11-10-20-27-15(21-12-4-5-12)9-14(23-16(11)27)24-19(30)26-6-2-1-3-7-26/h8-10,12,28H,1-7H2,(H,24,30)(H2,22,25,29)/b11-8-,21-15?. The van der Waals surface area contributed by atoms with Gasteiger partial charge in [-0.15, -0.1) is 0 Å². The van der Waals surface area contributed by atoms with Crippen molar-refractivity contribution < 1.29 is 9.90 Å². The molecule has 3 aromatic heterocycles. The molecular weight excluding hydrogens is 388 g/mol. The molecule has 0 aromatic carbocycles. The van der Waals surface area contributed by atoms with E-state index in [1.807, 2.05) is 0 Å². The summed E-state index contributed by atoms with van der Waals surface area (Å²) in [7, 11) is 0. The molecule has 4 heterocycles. The van der Waals surface area contributed by atoms with Gasteiger partial charge in [-0.05, 0) is 38.2 Å². The molecule has 1 saturated carbocycles. The lowest BCUT2D eigenvalue weighted by molar-refractivity contribution is 0.200. The van der Waals surface area contributed by atoms with E-state index < -0.39 is 5.69 Å². The summed E-state index contributed by atoms with van der Waals surface area (Å²) in [5.41, 5.74) is 0.775. The Labute approximate surface area is 170 Å². The van der Waals surface area contributed by atoms with Crippen LogP contribution in [0.4, 0.5) is 10.6 Å². The highest BCUT2D eigenvalue weighted by atomic mass is 16.3. The molecule has 3 aromatic rings. The molecule has 1 saturated heterocycles. The second-order valence-electron chi connectivity index (χ2n) is 7.66. The SMILES string of the molecule is O=C(Nc1cc(=NC2CC2)n2nc/c(=C/c3[nH]c(=O)[nH]c3O)c2n1)N1CCCCC1. The van der Waals surface area contributed by atoms with Crippen LogP contribution in [0.25, 0.3) is 11.7 Å². The first kappa shape index (κ1) is 18.4. The average molecular weight is 410 g/mol. The van der Waals surface area contributed by atoms with E-state index in [0.717, 1.165) is 45.2 Å². The molecule has 30 heavy (non-hydrogen) atoms. The van der Waals surface area contributed by atoms with E-state index in [0.29, 0.717) is 22.2 Å². The molecular formula is C19H22N8O3. The number of nitrogens with one attached hydrogen (secondary N) is 3. The fraction of sp³-hybridized carbons (Fsp3) is 0.421. The van der Waals surface area contributed by atoms with Crippen molar-refractivity contribution in [2.45, 2.75) is 38.1 Å². The van der Waals surface area contributed by atoms with Crippen LogP contribution in [-0.4, -0.2) is 59.7 Å². The van der Waals surface area contributed by atoms with Crippen molar-refractivity contribution in [3.63, 3.8) is 0 Å². The summed E-state index contributed by atoms with van der Waals surface area (Å²) in [6.07, 6.45) is 8.34. The number of aromatic hydroxyl groups is 1. The maximum atomic E-state index is 12.6. The molecule has 2 amide bonds. The van der Waals surface area contributed by atoms with Gasteiger partial charge in [0.2, 0.25) is 5.88 Å². The van der Waals surface area contributed by atoms with Gasteiger partial charge in [0, 0.05) is 24.4 Å². The highest BCUT2D eigenvalue weighted by molar-refractivity contribution is 5.88. The number of carbonyl (C=O) groups is 1. The van der Waals surface area contributed by atoms with Gasteiger partial charge in [-0.25, -0.2) is 14.6 Å². The monoisotopic (exact) mass is 410 g/mol. The van der Waals surface area contributed by atoms with E-state index in [1.54, 1.807) is 27.8 Å². The number of H-pyrrole nitrogens is 2. The quantitative estimate of drug-likeness (QED) is 0.483. The minimum Gasteiger partial charge on any atom is -0.493 e. The number of rotatable bonds is 3. The lowest BCUT2D eigenvalue weighted by Crippen LogP contribution is -2.39. The summed E-state index contributed by atoms with van der Waals surface area (Å²) in [5, 5.41) is 17.7. The molecule has 11 heteroatoms. The Morgan fingerprint density at radius 1 is 1.27 bits per heavy atom. The third-order valence-corrected chi connectivity index (χ3v) is 5.26. The van der Waals surface area contributed by atoms with E-state index in [1.165, 1.54) is 0 Å².